The van der Waals surface area contributed by atoms with Gasteiger partial charge in [0.25, 0.3) is 5.91 Å². The molecule has 6 nitrogen and oxygen atoms in total. The lowest BCUT2D eigenvalue weighted by Gasteiger charge is -2.09. The minimum Gasteiger partial charge on any atom is -0.383 e. The Morgan fingerprint density at radius 1 is 0.844 bits per heavy atom. The molecule has 2 aromatic heterocycles. The SMILES string of the molecule is Nc1nc(C(=O)NCCc2ccccc2)nc2c1c1ccccc1n2Cc1ccccc1. The standard InChI is InChI=1S/C26H23N5O/c27-23-22-20-13-7-8-14-21(20)31(17-19-11-5-2-6-12-19)25(22)30-24(29-23)26(32)28-16-15-18-9-3-1-4-10-18/h1-14H,15-17H2,(H,28,32)(H2,27,29,30). The van der Waals surface area contributed by atoms with E-state index in [0.29, 0.717) is 24.6 Å². The van der Waals surface area contributed by atoms with Crippen LogP contribution in [0.25, 0.3) is 21.9 Å². The van der Waals surface area contributed by atoms with Gasteiger partial charge in [0.2, 0.25) is 5.82 Å². The number of hydrogen-bond acceptors (Lipinski definition) is 4. The van der Waals surface area contributed by atoms with Gasteiger partial charge in [0.1, 0.15) is 11.5 Å². The van der Waals surface area contributed by atoms with Crippen molar-refractivity contribution in [2.45, 2.75) is 13.0 Å². The van der Waals surface area contributed by atoms with E-state index < -0.39 is 0 Å². The Bertz CT molecular complexity index is 1390. The fourth-order valence-corrected chi connectivity index (χ4v) is 4.03. The van der Waals surface area contributed by atoms with Crippen LogP contribution in [0.5, 0.6) is 0 Å². The molecular weight excluding hydrogens is 398 g/mol. The summed E-state index contributed by atoms with van der Waals surface area (Å²) in [5.41, 5.74) is 10.3. The van der Waals surface area contributed by atoms with Crippen molar-refractivity contribution in [2.24, 2.45) is 0 Å². The summed E-state index contributed by atoms with van der Waals surface area (Å²) >= 11 is 0. The van der Waals surface area contributed by atoms with Crippen LogP contribution in [0.1, 0.15) is 21.7 Å². The first-order chi connectivity index (χ1) is 15.7. The zero-order chi connectivity index (χ0) is 21.9. The van der Waals surface area contributed by atoms with Crippen LogP contribution < -0.4 is 11.1 Å². The van der Waals surface area contributed by atoms with Crippen LogP contribution >= 0.6 is 0 Å². The number of hydrogen-bond donors (Lipinski definition) is 2. The summed E-state index contributed by atoms with van der Waals surface area (Å²) in [4.78, 5) is 21.8. The molecule has 5 aromatic rings. The minimum atomic E-state index is -0.328. The van der Waals surface area contributed by atoms with Crippen molar-refractivity contribution < 1.29 is 4.79 Å². The van der Waals surface area contributed by atoms with Crippen molar-refractivity contribution in [1.29, 1.82) is 0 Å². The summed E-state index contributed by atoms with van der Waals surface area (Å²) in [6.45, 7) is 1.12. The molecule has 0 atom stereocenters. The Morgan fingerprint density at radius 3 is 2.25 bits per heavy atom. The lowest BCUT2D eigenvalue weighted by atomic mass is 10.1. The quantitative estimate of drug-likeness (QED) is 0.431. The van der Waals surface area contributed by atoms with Crippen LogP contribution in [0.4, 0.5) is 5.82 Å². The number of nitrogens with two attached hydrogens (primary N) is 1. The van der Waals surface area contributed by atoms with Crippen LogP contribution in [0.2, 0.25) is 0 Å². The Morgan fingerprint density at radius 2 is 1.50 bits per heavy atom. The number of rotatable bonds is 6. The number of carbonyl (C=O) groups excluding carboxylic acids is 1. The average molecular weight is 422 g/mol. The molecule has 2 heterocycles. The molecule has 6 heteroatoms. The highest BCUT2D eigenvalue weighted by molar-refractivity contribution is 6.12. The van der Waals surface area contributed by atoms with E-state index in [1.807, 2.05) is 72.8 Å². The average Bonchev–Trinajstić information content (AvgIpc) is 3.14. The fraction of sp³-hybridized carbons (Fsp3) is 0.115. The molecule has 0 radical (unpaired) electrons. The Kier molecular flexibility index (Phi) is 5.25. The van der Waals surface area contributed by atoms with Crippen molar-refractivity contribution >= 4 is 33.7 Å². The lowest BCUT2D eigenvalue weighted by molar-refractivity contribution is 0.0944. The van der Waals surface area contributed by atoms with Gasteiger partial charge in [0.15, 0.2) is 0 Å². The first-order valence-electron chi connectivity index (χ1n) is 10.6. The molecule has 0 aliphatic heterocycles. The zero-order valence-corrected chi connectivity index (χ0v) is 17.5. The number of para-hydroxylation sites is 1. The summed E-state index contributed by atoms with van der Waals surface area (Å²) < 4.78 is 2.10. The van der Waals surface area contributed by atoms with E-state index in [2.05, 4.69) is 32.0 Å². The van der Waals surface area contributed by atoms with Crippen molar-refractivity contribution in [3.8, 4) is 0 Å². The van der Waals surface area contributed by atoms with Gasteiger partial charge >= 0.3 is 0 Å². The van der Waals surface area contributed by atoms with Gasteiger partial charge in [-0.25, -0.2) is 9.97 Å². The van der Waals surface area contributed by atoms with Crippen molar-refractivity contribution in [3.05, 3.63) is 102 Å². The summed E-state index contributed by atoms with van der Waals surface area (Å²) in [6, 6.07) is 28.2. The van der Waals surface area contributed by atoms with Gasteiger partial charge in [0, 0.05) is 18.5 Å². The van der Waals surface area contributed by atoms with E-state index in [4.69, 9.17) is 5.73 Å². The Labute approximate surface area is 185 Å². The topological polar surface area (TPSA) is 85.8 Å². The highest BCUT2D eigenvalue weighted by Gasteiger charge is 2.19. The van der Waals surface area contributed by atoms with E-state index in [1.54, 1.807) is 0 Å². The Balaban J connectivity index is 1.50. The number of nitrogens with one attached hydrogen (secondary N) is 1. The first-order valence-corrected chi connectivity index (χ1v) is 10.6. The minimum absolute atomic E-state index is 0.0835. The maximum absolute atomic E-state index is 12.8. The number of anilines is 1. The van der Waals surface area contributed by atoms with E-state index >= 15 is 0 Å². The third kappa shape index (κ3) is 3.78. The molecule has 0 saturated heterocycles. The molecule has 0 bridgehead atoms. The predicted molar refractivity (Wildman–Crippen MR) is 127 cm³/mol. The van der Waals surface area contributed by atoms with Crippen molar-refractivity contribution in [2.75, 3.05) is 12.3 Å². The normalized spacial score (nSPS) is 11.1. The van der Waals surface area contributed by atoms with Crippen LogP contribution in [0.15, 0.2) is 84.9 Å². The summed E-state index contributed by atoms with van der Waals surface area (Å²) in [6.07, 6.45) is 0.735. The number of fused-ring (bicyclic) bond motifs is 3. The largest absolute Gasteiger partial charge is 0.383 e. The molecule has 3 aromatic carbocycles. The van der Waals surface area contributed by atoms with Gasteiger partial charge in [0.05, 0.1) is 10.9 Å². The van der Waals surface area contributed by atoms with Gasteiger partial charge in [-0.1, -0.05) is 78.9 Å². The van der Waals surface area contributed by atoms with E-state index in [-0.39, 0.29) is 11.7 Å². The third-order valence-electron chi connectivity index (χ3n) is 5.57. The summed E-state index contributed by atoms with van der Waals surface area (Å²) in [7, 11) is 0. The molecule has 0 fully saturated rings. The van der Waals surface area contributed by atoms with Crippen molar-refractivity contribution in [3.63, 3.8) is 0 Å². The molecular formula is C26H23N5O. The number of nitrogens with zero attached hydrogens (tertiary/aromatic N) is 3. The molecule has 0 aliphatic carbocycles. The fourth-order valence-electron chi connectivity index (χ4n) is 4.03. The summed E-state index contributed by atoms with van der Waals surface area (Å²) in [5.74, 6) is 0.0671. The molecule has 158 valence electrons. The van der Waals surface area contributed by atoms with Crippen LogP contribution in [-0.2, 0) is 13.0 Å². The molecule has 32 heavy (non-hydrogen) atoms. The lowest BCUT2D eigenvalue weighted by Crippen LogP contribution is -2.28. The smallest absolute Gasteiger partial charge is 0.289 e. The second-order valence-corrected chi connectivity index (χ2v) is 7.71. The van der Waals surface area contributed by atoms with Crippen LogP contribution in [-0.4, -0.2) is 27.0 Å². The zero-order valence-electron chi connectivity index (χ0n) is 17.5. The Hall–Kier alpha value is -4.19. The van der Waals surface area contributed by atoms with E-state index in [0.717, 1.165) is 33.8 Å². The van der Waals surface area contributed by atoms with Crippen LogP contribution in [0.3, 0.4) is 0 Å². The van der Waals surface area contributed by atoms with Crippen molar-refractivity contribution in [1.82, 2.24) is 19.9 Å². The monoisotopic (exact) mass is 421 g/mol. The number of nitrogen functional groups attached to an aromatic ring is 1. The van der Waals surface area contributed by atoms with E-state index in [1.165, 1.54) is 0 Å². The highest BCUT2D eigenvalue weighted by Crippen LogP contribution is 2.31. The molecule has 0 saturated carbocycles. The number of carbonyl (C=O) groups is 1. The maximum Gasteiger partial charge on any atom is 0.289 e. The second-order valence-electron chi connectivity index (χ2n) is 7.71. The molecule has 5 rings (SSSR count). The number of amides is 1. The highest BCUT2D eigenvalue weighted by atomic mass is 16.2. The third-order valence-corrected chi connectivity index (χ3v) is 5.57. The molecule has 0 unspecified atom stereocenters. The van der Waals surface area contributed by atoms with Gasteiger partial charge < -0.3 is 15.6 Å². The van der Waals surface area contributed by atoms with Gasteiger partial charge in [-0.2, -0.15) is 0 Å². The molecule has 0 aliphatic rings. The van der Waals surface area contributed by atoms with Gasteiger partial charge in [-0.15, -0.1) is 0 Å². The number of aromatic nitrogens is 3. The number of benzene rings is 3. The molecule has 0 spiro atoms. The summed E-state index contributed by atoms with van der Waals surface area (Å²) in [5, 5.41) is 4.67. The molecule has 3 N–H and O–H groups in total. The van der Waals surface area contributed by atoms with Crippen LogP contribution in [0, 0.1) is 0 Å². The predicted octanol–water partition coefficient (Wildman–Crippen LogP) is 4.19. The van der Waals surface area contributed by atoms with Gasteiger partial charge in [-0.3, -0.25) is 4.79 Å². The first kappa shape index (κ1) is 19.8. The second kappa shape index (κ2) is 8.51. The molecule has 1 amide bonds. The van der Waals surface area contributed by atoms with Gasteiger partial charge in [-0.05, 0) is 23.6 Å². The maximum atomic E-state index is 12.8. The van der Waals surface area contributed by atoms with E-state index in [9.17, 15) is 4.79 Å².